The molecule has 1 aliphatic heterocycles. The van der Waals surface area contributed by atoms with Gasteiger partial charge in [-0.05, 0) is 37.1 Å². The Hall–Kier alpha value is -2.22. The third kappa shape index (κ3) is 3.63. The van der Waals surface area contributed by atoms with Crippen LogP contribution in [0.2, 0.25) is 5.02 Å². The maximum atomic E-state index is 13.2. The Balaban J connectivity index is 1.67. The summed E-state index contributed by atoms with van der Waals surface area (Å²) in [6, 6.07) is 15.2. The van der Waals surface area contributed by atoms with Crippen LogP contribution in [-0.4, -0.2) is 29.4 Å². The van der Waals surface area contributed by atoms with Crippen LogP contribution in [0.1, 0.15) is 31.2 Å². The maximum absolute atomic E-state index is 13.2. The third-order valence-electron chi connectivity index (χ3n) is 4.63. The van der Waals surface area contributed by atoms with Gasteiger partial charge in [0.1, 0.15) is 6.04 Å². The molecule has 0 aliphatic carbocycles. The van der Waals surface area contributed by atoms with Crippen LogP contribution in [0, 0.1) is 0 Å². The molecule has 1 aromatic heterocycles. The highest BCUT2D eigenvalue weighted by atomic mass is 35.5. The molecule has 0 saturated carbocycles. The molecule has 0 amide bonds. The molecule has 2 heterocycles. The van der Waals surface area contributed by atoms with Crippen molar-refractivity contribution in [3.63, 3.8) is 0 Å². The first-order valence-corrected chi connectivity index (χ1v) is 10.5. The summed E-state index contributed by atoms with van der Waals surface area (Å²) in [4.78, 5) is 4.68. The molecule has 0 spiro atoms. The predicted octanol–water partition coefficient (Wildman–Crippen LogP) is 4.31. The van der Waals surface area contributed by atoms with E-state index in [-0.39, 0.29) is 4.90 Å². The second-order valence-electron chi connectivity index (χ2n) is 6.40. The van der Waals surface area contributed by atoms with E-state index >= 15 is 0 Å². The number of piperidine rings is 1. The Bertz CT molecular complexity index is 1020. The van der Waals surface area contributed by atoms with Crippen molar-refractivity contribution in [3.05, 3.63) is 65.5 Å². The highest BCUT2D eigenvalue weighted by Crippen LogP contribution is 2.35. The van der Waals surface area contributed by atoms with Crippen molar-refractivity contribution in [1.29, 1.82) is 0 Å². The minimum Gasteiger partial charge on any atom is -0.337 e. The largest absolute Gasteiger partial charge is 0.337 e. The number of sulfonamides is 1. The summed E-state index contributed by atoms with van der Waals surface area (Å²) in [5.41, 5.74) is 0.829. The van der Waals surface area contributed by atoms with E-state index in [0.717, 1.165) is 18.4 Å². The van der Waals surface area contributed by atoms with Crippen molar-refractivity contribution in [3.8, 4) is 11.4 Å². The fourth-order valence-electron chi connectivity index (χ4n) is 3.26. The molecular weight excluding hydrogens is 386 g/mol. The number of rotatable bonds is 4. The van der Waals surface area contributed by atoms with Gasteiger partial charge in [0.15, 0.2) is 0 Å². The minimum absolute atomic E-state index is 0.210. The molecule has 140 valence electrons. The topological polar surface area (TPSA) is 76.3 Å². The lowest BCUT2D eigenvalue weighted by molar-refractivity contribution is 0.204. The molecule has 1 atom stereocenters. The zero-order chi connectivity index (χ0) is 18.9. The SMILES string of the molecule is O=S(=O)(c1ccc(Cl)cc1)N1CCCCC1c1nc(-c2ccccc2)no1. The molecule has 27 heavy (non-hydrogen) atoms. The molecule has 0 N–H and O–H groups in total. The molecule has 0 radical (unpaired) electrons. The van der Waals surface area contributed by atoms with E-state index in [4.69, 9.17) is 16.1 Å². The third-order valence-corrected chi connectivity index (χ3v) is 6.81. The molecule has 6 nitrogen and oxygen atoms in total. The molecule has 1 fully saturated rings. The van der Waals surface area contributed by atoms with Crippen LogP contribution in [0.5, 0.6) is 0 Å². The average molecular weight is 404 g/mol. The molecule has 2 aromatic carbocycles. The fraction of sp³-hybridized carbons (Fsp3) is 0.263. The lowest BCUT2D eigenvalue weighted by Crippen LogP contribution is -2.38. The minimum atomic E-state index is -3.68. The Morgan fingerprint density at radius 3 is 2.52 bits per heavy atom. The first-order chi connectivity index (χ1) is 13.1. The fourth-order valence-corrected chi connectivity index (χ4v) is 5.03. The van der Waals surface area contributed by atoms with E-state index in [2.05, 4.69) is 10.1 Å². The van der Waals surface area contributed by atoms with E-state index in [1.165, 1.54) is 16.4 Å². The standard InChI is InChI=1S/C19H18ClN3O3S/c20-15-9-11-16(12-10-15)27(24,25)23-13-5-4-8-17(23)19-21-18(22-26-19)14-6-2-1-3-7-14/h1-3,6-7,9-12,17H,4-5,8,13H2. The van der Waals surface area contributed by atoms with Gasteiger partial charge >= 0.3 is 0 Å². The van der Waals surface area contributed by atoms with Gasteiger partial charge < -0.3 is 4.52 Å². The molecule has 8 heteroatoms. The van der Waals surface area contributed by atoms with E-state index in [1.54, 1.807) is 12.1 Å². The Kier molecular flexibility index (Phi) is 4.99. The van der Waals surface area contributed by atoms with Crippen molar-refractivity contribution in [1.82, 2.24) is 14.4 Å². The van der Waals surface area contributed by atoms with E-state index in [0.29, 0.717) is 29.7 Å². The zero-order valence-corrected chi connectivity index (χ0v) is 16.0. The van der Waals surface area contributed by atoms with Crippen molar-refractivity contribution < 1.29 is 12.9 Å². The number of hydrogen-bond acceptors (Lipinski definition) is 5. The number of benzene rings is 2. The van der Waals surface area contributed by atoms with Gasteiger partial charge in [0.05, 0.1) is 4.90 Å². The van der Waals surface area contributed by atoms with Crippen molar-refractivity contribution in [2.45, 2.75) is 30.2 Å². The van der Waals surface area contributed by atoms with Gasteiger partial charge in [0, 0.05) is 17.1 Å². The number of aromatic nitrogens is 2. The number of halogens is 1. The van der Waals surface area contributed by atoms with E-state index in [9.17, 15) is 8.42 Å². The van der Waals surface area contributed by atoms with Crippen LogP contribution in [0.25, 0.3) is 11.4 Å². The van der Waals surface area contributed by atoms with Crippen LogP contribution in [0.4, 0.5) is 0 Å². The van der Waals surface area contributed by atoms with Crippen molar-refractivity contribution in [2.75, 3.05) is 6.54 Å². The average Bonchev–Trinajstić information content (AvgIpc) is 3.19. The Labute approximate surface area is 162 Å². The van der Waals surface area contributed by atoms with Gasteiger partial charge in [0.2, 0.25) is 21.7 Å². The molecule has 4 rings (SSSR count). The van der Waals surface area contributed by atoms with Gasteiger partial charge in [-0.25, -0.2) is 8.42 Å². The monoisotopic (exact) mass is 403 g/mol. The molecule has 1 aliphatic rings. The predicted molar refractivity (Wildman–Crippen MR) is 102 cm³/mol. The molecular formula is C19H18ClN3O3S. The molecule has 1 unspecified atom stereocenters. The van der Waals surface area contributed by atoms with Crippen LogP contribution in [0.3, 0.4) is 0 Å². The summed E-state index contributed by atoms with van der Waals surface area (Å²) >= 11 is 5.89. The van der Waals surface area contributed by atoms with Crippen molar-refractivity contribution in [2.24, 2.45) is 0 Å². The zero-order valence-electron chi connectivity index (χ0n) is 14.5. The summed E-state index contributed by atoms with van der Waals surface area (Å²) in [5, 5.41) is 4.53. The highest BCUT2D eigenvalue weighted by molar-refractivity contribution is 7.89. The summed E-state index contributed by atoms with van der Waals surface area (Å²) < 4.78 is 33.2. The smallest absolute Gasteiger partial charge is 0.245 e. The van der Waals surface area contributed by atoms with Gasteiger partial charge in [0.25, 0.3) is 0 Å². The normalized spacial score (nSPS) is 18.5. The number of hydrogen-bond donors (Lipinski definition) is 0. The van der Waals surface area contributed by atoms with E-state index < -0.39 is 16.1 Å². The first kappa shape index (κ1) is 18.2. The maximum Gasteiger partial charge on any atom is 0.245 e. The molecule has 3 aromatic rings. The van der Waals surface area contributed by atoms with Gasteiger partial charge in [-0.1, -0.05) is 53.5 Å². The van der Waals surface area contributed by atoms with Crippen LogP contribution >= 0.6 is 11.6 Å². The second-order valence-corrected chi connectivity index (χ2v) is 8.73. The number of nitrogens with zero attached hydrogens (tertiary/aromatic N) is 3. The quantitative estimate of drug-likeness (QED) is 0.648. The first-order valence-electron chi connectivity index (χ1n) is 8.72. The van der Waals surface area contributed by atoms with E-state index in [1.807, 2.05) is 30.3 Å². The Morgan fingerprint density at radius 1 is 1.04 bits per heavy atom. The molecule has 1 saturated heterocycles. The van der Waals surface area contributed by atoms with Gasteiger partial charge in [-0.15, -0.1) is 0 Å². The van der Waals surface area contributed by atoms with Gasteiger partial charge in [-0.3, -0.25) is 0 Å². The summed E-state index contributed by atoms with van der Waals surface area (Å²) in [6.07, 6.45) is 2.34. The molecule has 0 bridgehead atoms. The summed E-state index contributed by atoms with van der Waals surface area (Å²) in [7, 11) is -3.68. The van der Waals surface area contributed by atoms with Crippen molar-refractivity contribution >= 4 is 21.6 Å². The van der Waals surface area contributed by atoms with Crippen LogP contribution in [0.15, 0.2) is 64.0 Å². The lowest BCUT2D eigenvalue weighted by Gasteiger charge is -2.32. The highest BCUT2D eigenvalue weighted by Gasteiger charge is 2.37. The summed E-state index contributed by atoms with van der Waals surface area (Å²) in [6.45, 7) is 0.415. The second kappa shape index (κ2) is 7.42. The van der Waals surface area contributed by atoms with Gasteiger partial charge in [-0.2, -0.15) is 9.29 Å². The Morgan fingerprint density at radius 2 is 1.78 bits per heavy atom. The van der Waals surface area contributed by atoms with Crippen LogP contribution in [-0.2, 0) is 10.0 Å². The summed E-state index contributed by atoms with van der Waals surface area (Å²) in [5.74, 6) is 0.783. The lowest BCUT2D eigenvalue weighted by atomic mass is 10.1. The van der Waals surface area contributed by atoms with Crippen LogP contribution < -0.4 is 0 Å².